The summed E-state index contributed by atoms with van der Waals surface area (Å²) in [7, 11) is -3.56. The van der Waals surface area contributed by atoms with E-state index in [0.29, 0.717) is 22.7 Å². The maximum Gasteiger partial charge on any atom is 0.241 e. The number of benzene rings is 2. The van der Waals surface area contributed by atoms with E-state index in [4.69, 9.17) is 4.42 Å². The Hall–Kier alpha value is -2.74. The van der Waals surface area contributed by atoms with Crippen molar-refractivity contribution in [2.45, 2.75) is 30.6 Å². The van der Waals surface area contributed by atoms with E-state index in [1.165, 1.54) is 0 Å². The number of nitrogens with one attached hydrogen (secondary N) is 1. The summed E-state index contributed by atoms with van der Waals surface area (Å²) in [5.41, 5.74) is 0.955. The topological polar surface area (TPSA) is 75.4 Å². The Bertz CT molecular complexity index is 1300. The molecule has 2 aromatic carbocycles. The van der Waals surface area contributed by atoms with Crippen LogP contribution in [0.3, 0.4) is 0 Å². The van der Waals surface area contributed by atoms with Gasteiger partial charge in [-0.2, -0.15) is 0 Å². The van der Waals surface area contributed by atoms with Crippen LogP contribution in [0.4, 0.5) is 0 Å². The van der Waals surface area contributed by atoms with Crippen molar-refractivity contribution >= 4 is 31.8 Å². The lowest BCUT2D eigenvalue weighted by atomic mass is 9.97. The molecule has 0 unspecified atom stereocenters. The summed E-state index contributed by atoms with van der Waals surface area (Å²) in [4.78, 5) is 6.89. The first-order chi connectivity index (χ1) is 16.1. The molecule has 1 aliphatic rings. The molecule has 0 bridgehead atoms. The highest BCUT2D eigenvalue weighted by Gasteiger charge is 2.23. The molecule has 1 N–H and O–H groups in total. The minimum Gasteiger partial charge on any atom is -0.461 e. The third kappa shape index (κ3) is 5.11. The zero-order valence-electron chi connectivity index (χ0n) is 18.6. The van der Waals surface area contributed by atoms with Crippen LogP contribution in [-0.2, 0) is 16.4 Å². The van der Waals surface area contributed by atoms with Crippen molar-refractivity contribution < 1.29 is 12.8 Å². The van der Waals surface area contributed by atoms with Gasteiger partial charge in [-0.15, -0.1) is 0 Å². The lowest BCUT2D eigenvalue weighted by molar-refractivity contribution is 0.183. The van der Waals surface area contributed by atoms with Gasteiger partial charge in [-0.25, -0.2) is 13.1 Å². The van der Waals surface area contributed by atoms with Crippen molar-refractivity contribution in [3.05, 3.63) is 72.8 Å². The number of likely N-dealkylation sites (tertiary alicyclic amines) is 1. The van der Waals surface area contributed by atoms with Gasteiger partial charge in [0.1, 0.15) is 11.3 Å². The molecule has 0 amide bonds. The fourth-order valence-electron chi connectivity index (χ4n) is 4.68. The number of hydrogen-bond acceptors (Lipinski definition) is 5. The number of aromatic nitrogens is 1. The highest BCUT2D eigenvalue weighted by atomic mass is 32.2. The van der Waals surface area contributed by atoms with Crippen LogP contribution in [0.25, 0.3) is 21.7 Å². The minimum atomic E-state index is -3.56. The van der Waals surface area contributed by atoms with Crippen molar-refractivity contribution in [1.82, 2.24) is 14.6 Å². The Morgan fingerprint density at radius 2 is 1.85 bits per heavy atom. The van der Waals surface area contributed by atoms with Crippen LogP contribution in [0.15, 0.2) is 76.3 Å². The molecule has 6 nitrogen and oxygen atoms in total. The lowest BCUT2D eigenvalue weighted by Crippen LogP contribution is -2.39. The van der Waals surface area contributed by atoms with Gasteiger partial charge in [0.15, 0.2) is 0 Å². The fourth-order valence-corrected chi connectivity index (χ4v) is 6.03. The van der Waals surface area contributed by atoms with E-state index < -0.39 is 10.0 Å². The van der Waals surface area contributed by atoms with Crippen molar-refractivity contribution in [1.29, 1.82) is 0 Å². The molecule has 0 atom stereocenters. The molecule has 1 saturated heterocycles. The van der Waals surface area contributed by atoms with Crippen LogP contribution in [0.2, 0.25) is 0 Å². The predicted molar refractivity (Wildman–Crippen MR) is 131 cm³/mol. The van der Waals surface area contributed by atoms with Gasteiger partial charge in [0, 0.05) is 41.5 Å². The van der Waals surface area contributed by atoms with Gasteiger partial charge in [0.25, 0.3) is 0 Å². The maximum atomic E-state index is 12.9. The van der Waals surface area contributed by atoms with E-state index in [0.717, 1.165) is 67.4 Å². The second kappa shape index (κ2) is 9.63. The normalized spacial score (nSPS) is 16.0. The summed E-state index contributed by atoms with van der Waals surface area (Å²) < 4.78 is 34.7. The number of para-hydroxylation sites is 1. The highest BCUT2D eigenvalue weighted by molar-refractivity contribution is 7.89. The van der Waals surface area contributed by atoms with Gasteiger partial charge < -0.3 is 9.32 Å². The third-order valence-electron chi connectivity index (χ3n) is 6.57. The van der Waals surface area contributed by atoms with Gasteiger partial charge in [0.05, 0.1) is 4.90 Å². The number of furan rings is 1. The standard InChI is InChI=1S/C26H29N3O3S/c30-33(31,26-9-3-6-22-19-27-13-10-24(22)26)28-18-20-11-15-29(16-12-20)14-4-7-23-17-21-5-1-2-8-25(21)32-23/h1-3,5-6,8-10,13,17,19-20,28H,4,7,11-12,14-16,18H2. The van der Waals surface area contributed by atoms with E-state index in [-0.39, 0.29) is 0 Å². The Labute approximate surface area is 194 Å². The summed E-state index contributed by atoms with van der Waals surface area (Å²) >= 11 is 0. The van der Waals surface area contributed by atoms with Crippen LogP contribution in [0, 0.1) is 5.92 Å². The number of aryl methyl sites for hydroxylation is 1. The fraction of sp³-hybridized carbons (Fsp3) is 0.346. The lowest BCUT2D eigenvalue weighted by Gasteiger charge is -2.32. The van der Waals surface area contributed by atoms with E-state index in [2.05, 4.69) is 26.7 Å². The Morgan fingerprint density at radius 1 is 1.03 bits per heavy atom. The molecule has 1 aliphatic heterocycles. The summed E-state index contributed by atoms with van der Waals surface area (Å²) in [6.45, 7) is 3.54. The Morgan fingerprint density at radius 3 is 2.70 bits per heavy atom. The number of nitrogens with zero attached hydrogens (tertiary/aromatic N) is 2. The maximum absolute atomic E-state index is 12.9. The number of rotatable bonds is 8. The second-order valence-electron chi connectivity index (χ2n) is 8.84. The molecular weight excluding hydrogens is 434 g/mol. The predicted octanol–water partition coefficient (Wildman–Crippen LogP) is 4.60. The summed E-state index contributed by atoms with van der Waals surface area (Å²) in [6, 6.07) is 17.3. The first-order valence-electron chi connectivity index (χ1n) is 11.6. The zero-order valence-corrected chi connectivity index (χ0v) is 19.4. The molecular formula is C26H29N3O3S. The average Bonchev–Trinajstić information content (AvgIpc) is 3.26. The SMILES string of the molecule is O=S(=O)(NCC1CCN(CCCc2cc3ccccc3o2)CC1)c1cccc2cnccc12. The smallest absolute Gasteiger partial charge is 0.241 e. The summed E-state index contributed by atoms with van der Waals surface area (Å²) in [6.07, 6.45) is 7.34. The van der Waals surface area contributed by atoms with Crippen molar-refractivity contribution in [3.63, 3.8) is 0 Å². The summed E-state index contributed by atoms with van der Waals surface area (Å²) in [5.74, 6) is 1.41. The van der Waals surface area contributed by atoms with Gasteiger partial charge in [-0.05, 0) is 69.1 Å². The molecule has 0 spiro atoms. The molecule has 4 aromatic rings. The minimum absolute atomic E-state index is 0.324. The van der Waals surface area contributed by atoms with E-state index >= 15 is 0 Å². The molecule has 0 aliphatic carbocycles. The van der Waals surface area contributed by atoms with Crippen molar-refractivity contribution in [3.8, 4) is 0 Å². The molecule has 1 fully saturated rings. The van der Waals surface area contributed by atoms with E-state index in [1.807, 2.05) is 24.3 Å². The van der Waals surface area contributed by atoms with Crippen LogP contribution in [0.5, 0.6) is 0 Å². The van der Waals surface area contributed by atoms with Crippen molar-refractivity contribution in [2.24, 2.45) is 5.92 Å². The monoisotopic (exact) mass is 463 g/mol. The number of fused-ring (bicyclic) bond motifs is 2. The first-order valence-corrected chi connectivity index (χ1v) is 13.1. The van der Waals surface area contributed by atoms with Gasteiger partial charge in [0.2, 0.25) is 10.0 Å². The molecule has 5 rings (SSSR count). The molecule has 33 heavy (non-hydrogen) atoms. The van der Waals surface area contributed by atoms with Gasteiger partial charge >= 0.3 is 0 Å². The number of sulfonamides is 1. The third-order valence-corrected chi connectivity index (χ3v) is 8.06. The average molecular weight is 464 g/mol. The quantitative estimate of drug-likeness (QED) is 0.413. The van der Waals surface area contributed by atoms with Crippen LogP contribution in [-0.4, -0.2) is 44.5 Å². The molecule has 3 heterocycles. The second-order valence-corrected chi connectivity index (χ2v) is 10.6. The highest BCUT2D eigenvalue weighted by Crippen LogP contribution is 2.24. The van der Waals surface area contributed by atoms with Gasteiger partial charge in [-0.1, -0.05) is 30.3 Å². The van der Waals surface area contributed by atoms with E-state index in [9.17, 15) is 8.42 Å². The van der Waals surface area contributed by atoms with Crippen molar-refractivity contribution in [2.75, 3.05) is 26.2 Å². The number of piperidine rings is 1. The zero-order chi connectivity index (χ0) is 22.7. The Balaban J connectivity index is 1.09. The molecule has 172 valence electrons. The van der Waals surface area contributed by atoms with Crippen LogP contribution >= 0.6 is 0 Å². The van der Waals surface area contributed by atoms with Crippen LogP contribution < -0.4 is 4.72 Å². The summed E-state index contributed by atoms with van der Waals surface area (Å²) in [5, 5.41) is 2.70. The van der Waals surface area contributed by atoms with E-state index in [1.54, 1.807) is 30.6 Å². The molecule has 7 heteroatoms. The largest absolute Gasteiger partial charge is 0.461 e. The Kier molecular flexibility index (Phi) is 6.44. The molecule has 0 radical (unpaired) electrons. The number of pyridine rings is 1. The van der Waals surface area contributed by atoms with Crippen LogP contribution in [0.1, 0.15) is 25.0 Å². The number of hydrogen-bond donors (Lipinski definition) is 1. The molecule has 0 saturated carbocycles. The van der Waals surface area contributed by atoms with Gasteiger partial charge in [-0.3, -0.25) is 4.98 Å². The molecule has 2 aromatic heterocycles. The first kappa shape index (κ1) is 22.1.